The topological polar surface area (TPSA) is 74.1 Å². The molecule has 164 valence electrons. The summed E-state index contributed by atoms with van der Waals surface area (Å²) in [7, 11) is 1.66. The minimum absolute atomic E-state index is 0.492. The highest BCUT2D eigenvalue weighted by Crippen LogP contribution is 2.31. The summed E-state index contributed by atoms with van der Waals surface area (Å²) < 4.78 is 13.4. The SMILES string of the molecule is COc1cccc(CNCCSc2nnnn2-c2ccccc2)c1OCc1ccccc1. The average Bonchev–Trinajstić information content (AvgIpc) is 3.32. The number of aromatic nitrogens is 4. The van der Waals surface area contributed by atoms with Gasteiger partial charge in [0.1, 0.15) is 6.61 Å². The van der Waals surface area contributed by atoms with Gasteiger partial charge in [0.15, 0.2) is 11.5 Å². The number of tetrazole rings is 1. The van der Waals surface area contributed by atoms with Gasteiger partial charge in [-0.2, -0.15) is 4.68 Å². The molecule has 4 rings (SSSR count). The Bertz CT molecular complexity index is 1110. The lowest BCUT2D eigenvalue weighted by Crippen LogP contribution is -2.17. The van der Waals surface area contributed by atoms with E-state index in [0.717, 1.165) is 45.8 Å². The second-order valence-electron chi connectivity index (χ2n) is 6.96. The minimum Gasteiger partial charge on any atom is -0.493 e. The largest absolute Gasteiger partial charge is 0.493 e. The molecule has 0 radical (unpaired) electrons. The van der Waals surface area contributed by atoms with E-state index in [4.69, 9.17) is 9.47 Å². The normalized spacial score (nSPS) is 10.8. The second kappa shape index (κ2) is 11.3. The van der Waals surface area contributed by atoms with Crippen LogP contribution in [-0.4, -0.2) is 39.6 Å². The van der Waals surface area contributed by atoms with Crippen LogP contribution in [0.3, 0.4) is 0 Å². The smallest absolute Gasteiger partial charge is 0.214 e. The van der Waals surface area contributed by atoms with E-state index in [1.807, 2.05) is 72.8 Å². The quantitative estimate of drug-likeness (QED) is 0.274. The molecule has 0 fully saturated rings. The highest BCUT2D eigenvalue weighted by atomic mass is 32.2. The maximum atomic E-state index is 6.13. The van der Waals surface area contributed by atoms with Crippen molar-refractivity contribution in [3.8, 4) is 17.2 Å². The van der Waals surface area contributed by atoms with Gasteiger partial charge in [0.25, 0.3) is 0 Å². The van der Waals surface area contributed by atoms with Crippen molar-refractivity contribution in [2.45, 2.75) is 18.3 Å². The van der Waals surface area contributed by atoms with Crippen LogP contribution in [0.4, 0.5) is 0 Å². The first kappa shape index (κ1) is 21.9. The molecule has 32 heavy (non-hydrogen) atoms. The molecule has 0 unspecified atom stereocenters. The Labute approximate surface area is 191 Å². The molecule has 0 spiro atoms. The van der Waals surface area contributed by atoms with E-state index in [-0.39, 0.29) is 0 Å². The molecule has 4 aromatic rings. The van der Waals surface area contributed by atoms with E-state index < -0.39 is 0 Å². The summed E-state index contributed by atoms with van der Waals surface area (Å²) >= 11 is 1.61. The van der Waals surface area contributed by atoms with E-state index in [2.05, 4.69) is 26.9 Å². The van der Waals surface area contributed by atoms with Gasteiger partial charge in [0.2, 0.25) is 5.16 Å². The summed E-state index contributed by atoms with van der Waals surface area (Å²) in [6.07, 6.45) is 0. The summed E-state index contributed by atoms with van der Waals surface area (Å²) in [5, 5.41) is 16.3. The molecule has 0 atom stereocenters. The van der Waals surface area contributed by atoms with E-state index >= 15 is 0 Å². The third kappa shape index (κ3) is 5.66. The maximum Gasteiger partial charge on any atom is 0.214 e. The molecule has 0 aliphatic heterocycles. The predicted octanol–water partition coefficient (Wildman–Crippen LogP) is 4.13. The minimum atomic E-state index is 0.492. The van der Waals surface area contributed by atoms with E-state index in [1.54, 1.807) is 23.6 Å². The molecule has 1 N–H and O–H groups in total. The van der Waals surface area contributed by atoms with Crippen LogP contribution in [0.15, 0.2) is 84.0 Å². The van der Waals surface area contributed by atoms with Crippen LogP contribution in [-0.2, 0) is 13.2 Å². The number of methoxy groups -OCH3 is 1. The standard InChI is InChI=1S/C24H25N5O2S/c1-30-22-14-8-11-20(23(22)31-18-19-9-4-2-5-10-19)17-25-15-16-32-24-26-27-28-29(24)21-12-6-3-7-13-21/h2-14,25H,15-18H2,1H3. The maximum absolute atomic E-state index is 6.13. The fourth-order valence-electron chi connectivity index (χ4n) is 3.19. The lowest BCUT2D eigenvalue weighted by atomic mass is 10.1. The van der Waals surface area contributed by atoms with Crippen molar-refractivity contribution >= 4 is 11.8 Å². The van der Waals surface area contributed by atoms with E-state index in [9.17, 15) is 0 Å². The number of ether oxygens (including phenoxy) is 2. The van der Waals surface area contributed by atoms with Crippen molar-refractivity contribution < 1.29 is 9.47 Å². The van der Waals surface area contributed by atoms with Gasteiger partial charge >= 0.3 is 0 Å². The molecule has 1 heterocycles. The Morgan fingerprint density at radius 2 is 1.72 bits per heavy atom. The number of benzene rings is 3. The number of rotatable bonds is 11. The average molecular weight is 448 g/mol. The predicted molar refractivity (Wildman–Crippen MR) is 125 cm³/mol. The van der Waals surface area contributed by atoms with Crippen LogP contribution in [0.1, 0.15) is 11.1 Å². The second-order valence-corrected chi connectivity index (χ2v) is 8.02. The van der Waals surface area contributed by atoms with Crippen molar-refractivity contribution in [3.63, 3.8) is 0 Å². The molecule has 0 amide bonds. The van der Waals surface area contributed by atoms with Gasteiger partial charge in [-0.1, -0.05) is 72.4 Å². The van der Waals surface area contributed by atoms with Crippen LogP contribution in [0.5, 0.6) is 11.5 Å². The highest BCUT2D eigenvalue weighted by molar-refractivity contribution is 7.99. The number of hydrogen-bond acceptors (Lipinski definition) is 7. The van der Waals surface area contributed by atoms with Gasteiger partial charge in [-0.3, -0.25) is 0 Å². The molecule has 3 aromatic carbocycles. The Hall–Kier alpha value is -3.36. The molecule has 7 nitrogen and oxygen atoms in total. The van der Waals surface area contributed by atoms with Crippen LogP contribution >= 0.6 is 11.8 Å². The van der Waals surface area contributed by atoms with E-state index in [0.29, 0.717) is 13.2 Å². The van der Waals surface area contributed by atoms with Crippen LogP contribution in [0.2, 0.25) is 0 Å². The number of nitrogens with one attached hydrogen (secondary N) is 1. The summed E-state index contributed by atoms with van der Waals surface area (Å²) in [5.41, 5.74) is 3.12. The molecule has 0 aliphatic rings. The first-order chi connectivity index (χ1) is 15.8. The zero-order valence-corrected chi connectivity index (χ0v) is 18.7. The first-order valence-electron chi connectivity index (χ1n) is 10.3. The molecular weight excluding hydrogens is 422 g/mol. The lowest BCUT2D eigenvalue weighted by Gasteiger charge is -2.15. The Morgan fingerprint density at radius 1 is 0.938 bits per heavy atom. The molecule has 0 saturated heterocycles. The third-order valence-corrected chi connectivity index (χ3v) is 5.69. The molecule has 8 heteroatoms. The monoisotopic (exact) mass is 447 g/mol. The molecule has 0 saturated carbocycles. The van der Waals surface area contributed by atoms with Gasteiger partial charge in [0, 0.05) is 24.4 Å². The molecule has 0 aliphatic carbocycles. The summed E-state index contributed by atoms with van der Waals surface area (Å²) in [6, 6.07) is 26.0. The number of thioether (sulfide) groups is 1. The zero-order chi connectivity index (χ0) is 22.0. The van der Waals surface area contributed by atoms with Crippen molar-refractivity contribution in [2.24, 2.45) is 0 Å². The van der Waals surface area contributed by atoms with Gasteiger partial charge in [-0.25, -0.2) is 0 Å². The Kier molecular flexibility index (Phi) is 7.73. The fraction of sp³-hybridized carbons (Fsp3) is 0.208. The zero-order valence-electron chi connectivity index (χ0n) is 17.8. The van der Waals surface area contributed by atoms with Crippen molar-refractivity contribution in [1.82, 2.24) is 25.5 Å². The van der Waals surface area contributed by atoms with Crippen molar-refractivity contribution in [2.75, 3.05) is 19.4 Å². The summed E-state index contributed by atoms with van der Waals surface area (Å²) in [5.74, 6) is 2.33. The summed E-state index contributed by atoms with van der Waals surface area (Å²) in [4.78, 5) is 0. The Morgan fingerprint density at radius 3 is 2.50 bits per heavy atom. The lowest BCUT2D eigenvalue weighted by molar-refractivity contribution is 0.280. The Balaban J connectivity index is 1.31. The summed E-state index contributed by atoms with van der Waals surface area (Å²) in [6.45, 7) is 1.96. The third-order valence-electron chi connectivity index (χ3n) is 4.77. The molecule has 0 bridgehead atoms. The van der Waals surface area contributed by atoms with Crippen LogP contribution < -0.4 is 14.8 Å². The van der Waals surface area contributed by atoms with E-state index in [1.165, 1.54) is 0 Å². The number of hydrogen-bond donors (Lipinski definition) is 1. The van der Waals surface area contributed by atoms with Crippen molar-refractivity contribution in [1.29, 1.82) is 0 Å². The van der Waals surface area contributed by atoms with Gasteiger partial charge in [-0.15, -0.1) is 5.10 Å². The van der Waals surface area contributed by atoms with Gasteiger partial charge in [0.05, 0.1) is 12.8 Å². The van der Waals surface area contributed by atoms with Crippen molar-refractivity contribution in [3.05, 3.63) is 90.0 Å². The highest BCUT2D eigenvalue weighted by Gasteiger charge is 2.12. The molecular formula is C24H25N5O2S. The first-order valence-corrected chi connectivity index (χ1v) is 11.3. The van der Waals surface area contributed by atoms with Crippen LogP contribution in [0.25, 0.3) is 5.69 Å². The molecule has 1 aromatic heterocycles. The van der Waals surface area contributed by atoms with Gasteiger partial charge in [-0.05, 0) is 34.2 Å². The van der Waals surface area contributed by atoms with Crippen LogP contribution in [0, 0.1) is 0 Å². The number of para-hydroxylation sites is 2. The fourth-order valence-corrected chi connectivity index (χ4v) is 3.98. The van der Waals surface area contributed by atoms with Gasteiger partial charge < -0.3 is 14.8 Å². The number of nitrogens with zero attached hydrogens (tertiary/aromatic N) is 4.